The van der Waals surface area contributed by atoms with E-state index in [2.05, 4.69) is 22.5 Å². The molecule has 1 aliphatic heterocycles. The van der Waals surface area contributed by atoms with Gasteiger partial charge in [0.15, 0.2) is 0 Å². The molecule has 0 aliphatic carbocycles. The van der Waals surface area contributed by atoms with Crippen molar-refractivity contribution in [1.82, 2.24) is 4.90 Å². The minimum atomic E-state index is 0.924. The highest BCUT2D eigenvalue weighted by Gasteiger charge is 2.06. The molecule has 0 radical (unpaired) electrons. The minimum Gasteiger partial charge on any atom is -0.345 e. The van der Waals surface area contributed by atoms with E-state index in [1.165, 1.54) is 12.8 Å². The van der Waals surface area contributed by atoms with E-state index in [4.69, 9.17) is 0 Å². The number of hydrogen-bond donors (Lipinski definition) is 0. The molecule has 1 saturated heterocycles. The fourth-order valence-corrected chi connectivity index (χ4v) is 0.847. The summed E-state index contributed by atoms with van der Waals surface area (Å²) in [5.74, 6) is 0. The second kappa shape index (κ2) is 6.81. The van der Waals surface area contributed by atoms with E-state index >= 15 is 0 Å². The van der Waals surface area contributed by atoms with Gasteiger partial charge in [0.1, 0.15) is 0 Å². The Morgan fingerprint density at radius 3 is 2.00 bits per heavy atom. The molecule has 0 unspecified atom stereocenters. The number of amides is 1. The molecule has 1 heterocycles. The highest BCUT2D eigenvalue weighted by Crippen LogP contribution is 2.02. The Balaban J connectivity index is 0.000000236. The van der Waals surface area contributed by atoms with Gasteiger partial charge in [0, 0.05) is 13.1 Å². The summed E-state index contributed by atoms with van der Waals surface area (Å²) < 4.78 is 0. The maximum absolute atomic E-state index is 9.93. The number of rotatable bonds is 1. The average Bonchev–Trinajstić information content (AvgIpc) is 2.39. The maximum Gasteiger partial charge on any atom is 0.209 e. The monoisotopic (exact) mass is 205 g/mol. The lowest BCUT2D eigenvalue weighted by molar-refractivity contribution is -0.117. The summed E-state index contributed by atoms with van der Waals surface area (Å²) in [4.78, 5) is 13.3. The van der Waals surface area contributed by atoms with E-state index in [-0.39, 0.29) is 0 Å². The van der Waals surface area contributed by atoms with Crippen LogP contribution in [0.25, 0.3) is 0 Å². The standard InChI is InChI=1S/C5H9NO.C2H3Br/c7-5-6-3-1-2-4-6;1-2-3/h5H,1-4H2;2H,1H2. The highest BCUT2D eigenvalue weighted by molar-refractivity contribution is 9.11. The van der Waals surface area contributed by atoms with Crippen molar-refractivity contribution in [2.45, 2.75) is 12.8 Å². The summed E-state index contributed by atoms with van der Waals surface area (Å²) in [6, 6.07) is 0. The van der Waals surface area contributed by atoms with Gasteiger partial charge in [-0.1, -0.05) is 22.5 Å². The van der Waals surface area contributed by atoms with Gasteiger partial charge in [-0.2, -0.15) is 0 Å². The number of nitrogens with zero attached hydrogens (tertiary/aromatic N) is 1. The molecule has 10 heavy (non-hydrogen) atoms. The topological polar surface area (TPSA) is 20.3 Å². The van der Waals surface area contributed by atoms with Crippen molar-refractivity contribution in [2.75, 3.05) is 13.1 Å². The third-order valence-electron chi connectivity index (χ3n) is 1.29. The van der Waals surface area contributed by atoms with E-state index in [9.17, 15) is 4.79 Å². The highest BCUT2D eigenvalue weighted by atomic mass is 79.9. The number of halogens is 1. The number of carbonyl (C=O) groups excluding carboxylic acids is 1. The summed E-state index contributed by atoms with van der Waals surface area (Å²) in [5.41, 5.74) is 0. The molecule has 3 heteroatoms. The van der Waals surface area contributed by atoms with Crippen LogP contribution < -0.4 is 0 Å². The van der Waals surface area contributed by atoms with E-state index in [0.29, 0.717) is 0 Å². The first-order chi connectivity index (χ1) is 4.85. The van der Waals surface area contributed by atoms with Crippen LogP contribution in [0.2, 0.25) is 0 Å². The molecule has 1 amide bonds. The lowest BCUT2D eigenvalue weighted by Gasteiger charge is -2.03. The van der Waals surface area contributed by atoms with Gasteiger partial charge in [-0.3, -0.25) is 4.79 Å². The van der Waals surface area contributed by atoms with Gasteiger partial charge in [0.25, 0.3) is 0 Å². The van der Waals surface area contributed by atoms with Gasteiger partial charge in [-0.05, 0) is 17.8 Å². The zero-order chi connectivity index (χ0) is 7.82. The Kier molecular flexibility index (Phi) is 6.59. The summed E-state index contributed by atoms with van der Waals surface area (Å²) in [5, 5.41) is 0. The van der Waals surface area contributed by atoms with Gasteiger partial charge in [0.05, 0.1) is 0 Å². The fraction of sp³-hybridized carbons (Fsp3) is 0.571. The quantitative estimate of drug-likeness (QED) is 0.598. The number of hydrogen-bond acceptors (Lipinski definition) is 1. The molecule has 0 spiro atoms. The summed E-state index contributed by atoms with van der Waals surface area (Å²) in [7, 11) is 0. The van der Waals surface area contributed by atoms with E-state index < -0.39 is 0 Å². The second-order valence-electron chi connectivity index (χ2n) is 2.00. The van der Waals surface area contributed by atoms with Crippen molar-refractivity contribution in [2.24, 2.45) is 0 Å². The molecule has 1 aliphatic rings. The van der Waals surface area contributed by atoms with Gasteiger partial charge in [0.2, 0.25) is 6.41 Å². The third-order valence-corrected chi connectivity index (χ3v) is 1.29. The van der Waals surface area contributed by atoms with Gasteiger partial charge in [-0.25, -0.2) is 0 Å². The predicted molar refractivity (Wildman–Crippen MR) is 46.0 cm³/mol. The van der Waals surface area contributed by atoms with Crippen molar-refractivity contribution in [3.8, 4) is 0 Å². The Bertz CT molecular complexity index is 99.8. The van der Waals surface area contributed by atoms with Crippen LogP contribution in [-0.4, -0.2) is 24.4 Å². The average molecular weight is 206 g/mol. The molecule has 58 valence electrons. The maximum atomic E-state index is 9.93. The van der Waals surface area contributed by atoms with Crippen molar-refractivity contribution in [3.05, 3.63) is 11.6 Å². The first kappa shape index (κ1) is 9.69. The van der Waals surface area contributed by atoms with Crippen LogP contribution in [-0.2, 0) is 4.79 Å². The Labute approximate surface area is 70.0 Å². The molecule has 0 N–H and O–H groups in total. The van der Waals surface area contributed by atoms with Crippen LogP contribution in [0, 0.1) is 0 Å². The molecule has 0 saturated carbocycles. The first-order valence-corrected chi connectivity index (χ1v) is 4.17. The molecule has 0 atom stereocenters. The molecule has 2 nitrogen and oxygen atoms in total. The molecule has 0 bridgehead atoms. The smallest absolute Gasteiger partial charge is 0.209 e. The summed E-state index contributed by atoms with van der Waals surface area (Å²) in [6.45, 7) is 5.23. The molecular weight excluding hydrogens is 194 g/mol. The predicted octanol–water partition coefficient (Wildman–Crippen LogP) is 1.76. The molecule has 0 aromatic heterocycles. The number of likely N-dealkylation sites (tertiary alicyclic amines) is 1. The Morgan fingerprint density at radius 1 is 1.40 bits per heavy atom. The second-order valence-corrected chi connectivity index (χ2v) is 2.65. The third kappa shape index (κ3) is 4.56. The van der Waals surface area contributed by atoms with Crippen LogP contribution in [0.1, 0.15) is 12.8 Å². The van der Waals surface area contributed by atoms with E-state index in [1.54, 1.807) is 9.89 Å². The van der Waals surface area contributed by atoms with E-state index in [1.807, 2.05) is 0 Å². The van der Waals surface area contributed by atoms with Crippen molar-refractivity contribution < 1.29 is 4.79 Å². The SMILES string of the molecule is C=CBr.O=CN1CCCC1. The zero-order valence-corrected chi connectivity index (χ0v) is 7.51. The molecule has 0 aromatic carbocycles. The zero-order valence-electron chi connectivity index (χ0n) is 5.92. The first-order valence-electron chi connectivity index (χ1n) is 3.25. The fourth-order valence-electron chi connectivity index (χ4n) is 0.847. The lowest BCUT2D eigenvalue weighted by Crippen LogP contribution is -2.15. The van der Waals surface area contributed by atoms with Crippen LogP contribution in [0.5, 0.6) is 0 Å². The molecule has 1 fully saturated rings. The normalized spacial score (nSPS) is 15.5. The molecular formula is C7H12BrNO. The van der Waals surface area contributed by atoms with Gasteiger partial charge >= 0.3 is 0 Å². The van der Waals surface area contributed by atoms with Crippen LogP contribution in [0.3, 0.4) is 0 Å². The van der Waals surface area contributed by atoms with Crippen LogP contribution in [0.4, 0.5) is 0 Å². The molecule has 0 aromatic rings. The largest absolute Gasteiger partial charge is 0.345 e. The summed E-state index contributed by atoms with van der Waals surface area (Å²) in [6.07, 6.45) is 3.31. The minimum absolute atomic E-state index is 0.924. The number of carbonyl (C=O) groups is 1. The van der Waals surface area contributed by atoms with Gasteiger partial charge < -0.3 is 4.90 Å². The Hall–Kier alpha value is -0.310. The summed E-state index contributed by atoms with van der Waals surface area (Å²) >= 11 is 2.91. The lowest BCUT2D eigenvalue weighted by atomic mass is 10.4. The Morgan fingerprint density at radius 2 is 1.80 bits per heavy atom. The van der Waals surface area contributed by atoms with Crippen molar-refractivity contribution in [3.63, 3.8) is 0 Å². The molecule has 1 rings (SSSR count). The van der Waals surface area contributed by atoms with Gasteiger partial charge in [-0.15, -0.1) is 0 Å². The van der Waals surface area contributed by atoms with E-state index in [0.717, 1.165) is 19.5 Å². The van der Waals surface area contributed by atoms with Crippen molar-refractivity contribution in [1.29, 1.82) is 0 Å². The van der Waals surface area contributed by atoms with Crippen LogP contribution >= 0.6 is 15.9 Å². The van der Waals surface area contributed by atoms with Crippen LogP contribution in [0.15, 0.2) is 11.6 Å². The van der Waals surface area contributed by atoms with Crippen molar-refractivity contribution >= 4 is 22.3 Å².